The first kappa shape index (κ1) is 21.6. The molecule has 1 aromatic carbocycles. The van der Waals surface area contributed by atoms with E-state index in [-0.39, 0.29) is 29.9 Å². The molecule has 6 nitrogen and oxygen atoms in total. The number of nitrogens with zero attached hydrogens (tertiary/aromatic N) is 2. The number of sulfonamides is 1. The first-order chi connectivity index (χ1) is 13.9. The molecule has 158 valence electrons. The lowest BCUT2D eigenvalue weighted by Gasteiger charge is -2.35. The zero-order valence-corrected chi connectivity index (χ0v) is 18.0. The van der Waals surface area contributed by atoms with Crippen LogP contribution in [0.25, 0.3) is 0 Å². The number of hydrogen-bond acceptors (Lipinski definition) is 4. The zero-order chi connectivity index (χ0) is 20.9. The minimum Gasteiger partial charge on any atom is -0.468 e. The normalized spacial score (nSPS) is 15.6. The monoisotopic (exact) mass is 418 g/mol. The van der Waals surface area contributed by atoms with Crippen molar-refractivity contribution in [3.05, 3.63) is 54.0 Å². The molecule has 0 spiro atoms. The van der Waals surface area contributed by atoms with Crippen LogP contribution in [0.15, 0.2) is 52.0 Å². The number of likely N-dealkylation sites (N-methyl/N-ethyl adjacent to an activating group) is 1. The summed E-state index contributed by atoms with van der Waals surface area (Å²) in [5.41, 5.74) is 0.979. The van der Waals surface area contributed by atoms with Gasteiger partial charge in [-0.2, -0.15) is 4.31 Å². The van der Waals surface area contributed by atoms with Crippen molar-refractivity contribution in [1.29, 1.82) is 0 Å². The van der Waals surface area contributed by atoms with Crippen LogP contribution in [0.5, 0.6) is 0 Å². The zero-order valence-electron chi connectivity index (χ0n) is 17.2. The molecular weight excluding hydrogens is 388 g/mol. The molecule has 2 aromatic rings. The second kappa shape index (κ2) is 9.59. The predicted octanol–water partition coefficient (Wildman–Crippen LogP) is 3.96. The Kier molecular flexibility index (Phi) is 7.14. The van der Waals surface area contributed by atoms with Crippen LogP contribution in [-0.4, -0.2) is 42.7 Å². The Morgan fingerprint density at radius 3 is 2.38 bits per heavy atom. The number of carbonyl (C=O) groups is 1. The number of amides is 1. The van der Waals surface area contributed by atoms with E-state index in [1.807, 2.05) is 18.7 Å². The molecule has 0 unspecified atom stereocenters. The third-order valence-electron chi connectivity index (χ3n) is 5.56. The standard InChI is InChI=1S/C22H30N2O4S/c1-3-24(19-8-5-4-6-9-19)22(25)17-23(16-20-10-7-15-28-20)29(26,27)21-13-11-18(2)12-14-21/h7,10-15,19H,3-6,8-9,16-17H2,1-2H3. The van der Waals surface area contributed by atoms with E-state index in [0.717, 1.165) is 31.2 Å². The molecular formula is C22H30N2O4S. The largest absolute Gasteiger partial charge is 0.468 e. The molecule has 1 fully saturated rings. The molecule has 0 aliphatic heterocycles. The van der Waals surface area contributed by atoms with E-state index in [4.69, 9.17) is 4.42 Å². The van der Waals surface area contributed by atoms with Crippen molar-refractivity contribution in [2.75, 3.05) is 13.1 Å². The quantitative estimate of drug-likeness (QED) is 0.651. The third kappa shape index (κ3) is 5.28. The highest BCUT2D eigenvalue weighted by atomic mass is 32.2. The first-order valence-electron chi connectivity index (χ1n) is 10.3. The summed E-state index contributed by atoms with van der Waals surface area (Å²) in [6.07, 6.45) is 6.92. The van der Waals surface area contributed by atoms with Crippen molar-refractivity contribution in [1.82, 2.24) is 9.21 Å². The predicted molar refractivity (Wildman–Crippen MR) is 112 cm³/mol. The molecule has 1 aromatic heterocycles. The van der Waals surface area contributed by atoms with Crippen molar-refractivity contribution in [2.45, 2.75) is 63.4 Å². The Bertz CT molecular complexity index is 885. The Labute approximate surface area is 173 Å². The number of carbonyl (C=O) groups excluding carboxylic acids is 1. The van der Waals surface area contributed by atoms with Crippen LogP contribution in [-0.2, 0) is 21.4 Å². The highest BCUT2D eigenvalue weighted by molar-refractivity contribution is 7.89. The molecule has 7 heteroatoms. The molecule has 0 N–H and O–H groups in total. The summed E-state index contributed by atoms with van der Waals surface area (Å²) in [7, 11) is -3.84. The summed E-state index contributed by atoms with van der Waals surface area (Å²) < 4.78 is 33.2. The molecule has 1 aliphatic rings. The van der Waals surface area contributed by atoms with Gasteiger partial charge in [0.15, 0.2) is 0 Å². The highest BCUT2D eigenvalue weighted by Crippen LogP contribution is 2.24. The van der Waals surface area contributed by atoms with Crippen LogP contribution in [0.3, 0.4) is 0 Å². The highest BCUT2D eigenvalue weighted by Gasteiger charge is 2.31. The smallest absolute Gasteiger partial charge is 0.243 e. The molecule has 0 atom stereocenters. The van der Waals surface area contributed by atoms with Crippen molar-refractivity contribution in [3.63, 3.8) is 0 Å². The van der Waals surface area contributed by atoms with Gasteiger partial charge in [-0.1, -0.05) is 37.0 Å². The molecule has 3 rings (SSSR count). The molecule has 0 radical (unpaired) electrons. The minimum atomic E-state index is -3.84. The van der Waals surface area contributed by atoms with Gasteiger partial charge in [0.1, 0.15) is 5.76 Å². The van der Waals surface area contributed by atoms with Gasteiger partial charge >= 0.3 is 0 Å². The van der Waals surface area contributed by atoms with Crippen molar-refractivity contribution < 1.29 is 17.6 Å². The fraction of sp³-hybridized carbons (Fsp3) is 0.500. The second-order valence-electron chi connectivity index (χ2n) is 7.64. The fourth-order valence-electron chi connectivity index (χ4n) is 3.93. The average molecular weight is 419 g/mol. The van der Waals surface area contributed by atoms with E-state index in [1.54, 1.807) is 36.4 Å². The Hall–Kier alpha value is -2.12. The fourth-order valence-corrected chi connectivity index (χ4v) is 5.29. The maximum Gasteiger partial charge on any atom is 0.243 e. The lowest BCUT2D eigenvalue weighted by molar-refractivity contribution is -0.134. The number of aryl methyl sites for hydroxylation is 1. The van der Waals surface area contributed by atoms with Gasteiger partial charge in [0.05, 0.1) is 24.2 Å². The lowest BCUT2D eigenvalue weighted by atomic mass is 9.94. The van der Waals surface area contributed by atoms with Gasteiger partial charge in [-0.15, -0.1) is 0 Å². The number of benzene rings is 1. The molecule has 1 amide bonds. The maximum atomic E-state index is 13.3. The van der Waals surface area contributed by atoms with Crippen LogP contribution in [0.2, 0.25) is 0 Å². The van der Waals surface area contributed by atoms with Gasteiger partial charge < -0.3 is 9.32 Å². The molecule has 29 heavy (non-hydrogen) atoms. The number of hydrogen-bond donors (Lipinski definition) is 0. The van der Waals surface area contributed by atoms with Gasteiger partial charge in [-0.3, -0.25) is 4.79 Å². The Morgan fingerprint density at radius 1 is 1.10 bits per heavy atom. The summed E-state index contributed by atoms with van der Waals surface area (Å²) >= 11 is 0. The van der Waals surface area contributed by atoms with Crippen LogP contribution in [0.4, 0.5) is 0 Å². The summed E-state index contributed by atoms with van der Waals surface area (Å²) in [4.78, 5) is 15.2. The molecule has 0 bridgehead atoms. The summed E-state index contributed by atoms with van der Waals surface area (Å²) in [5.74, 6) is 0.357. The lowest BCUT2D eigenvalue weighted by Crippen LogP contribution is -2.47. The van der Waals surface area contributed by atoms with Crippen molar-refractivity contribution in [3.8, 4) is 0 Å². The first-order valence-corrected chi connectivity index (χ1v) is 11.7. The maximum absolute atomic E-state index is 13.3. The Morgan fingerprint density at radius 2 is 1.79 bits per heavy atom. The van der Waals surface area contributed by atoms with Crippen molar-refractivity contribution in [2.24, 2.45) is 0 Å². The van der Waals surface area contributed by atoms with Gasteiger partial charge in [0.2, 0.25) is 15.9 Å². The second-order valence-corrected chi connectivity index (χ2v) is 9.58. The van der Waals surface area contributed by atoms with Crippen LogP contribution in [0, 0.1) is 6.92 Å². The van der Waals surface area contributed by atoms with Gasteiger partial charge in [0.25, 0.3) is 0 Å². The summed E-state index contributed by atoms with van der Waals surface area (Å²) in [5, 5.41) is 0. The Balaban J connectivity index is 1.84. The van der Waals surface area contributed by atoms with E-state index in [9.17, 15) is 13.2 Å². The van der Waals surface area contributed by atoms with E-state index in [1.165, 1.54) is 17.0 Å². The SMILES string of the molecule is CCN(C(=O)CN(Cc1ccco1)S(=O)(=O)c1ccc(C)cc1)C1CCCCC1. The van der Waals surface area contributed by atoms with Gasteiger partial charge in [-0.05, 0) is 51.0 Å². The number of furan rings is 1. The topological polar surface area (TPSA) is 70.8 Å². The van der Waals surface area contributed by atoms with Crippen LogP contribution < -0.4 is 0 Å². The van der Waals surface area contributed by atoms with Crippen molar-refractivity contribution >= 4 is 15.9 Å². The van der Waals surface area contributed by atoms with E-state index < -0.39 is 10.0 Å². The van der Waals surface area contributed by atoms with E-state index in [2.05, 4.69) is 0 Å². The average Bonchev–Trinajstić information content (AvgIpc) is 3.22. The molecule has 1 heterocycles. The molecule has 1 aliphatic carbocycles. The summed E-state index contributed by atoms with van der Waals surface area (Å²) in [6, 6.07) is 10.3. The number of rotatable bonds is 8. The van der Waals surface area contributed by atoms with E-state index >= 15 is 0 Å². The summed E-state index contributed by atoms with van der Waals surface area (Å²) in [6.45, 7) is 4.28. The third-order valence-corrected chi connectivity index (χ3v) is 7.37. The minimum absolute atomic E-state index is 0.0250. The van der Waals surface area contributed by atoms with E-state index in [0.29, 0.717) is 12.3 Å². The molecule has 0 saturated heterocycles. The van der Waals surface area contributed by atoms with Crippen LogP contribution >= 0.6 is 0 Å². The molecule has 1 saturated carbocycles. The van der Waals surface area contributed by atoms with Gasteiger partial charge in [0, 0.05) is 12.6 Å². The van der Waals surface area contributed by atoms with Gasteiger partial charge in [-0.25, -0.2) is 8.42 Å². The van der Waals surface area contributed by atoms with Crippen LogP contribution in [0.1, 0.15) is 50.4 Å².